The number of rotatable bonds is 3. The zero-order chi connectivity index (χ0) is 15.7. The molecular weight excluding hydrogens is 276 g/mol. The number of Topliss-reactive ketones (excluding diaryl/α,β-unsaturated/α-hetero) is 1. The van der Waals surface area contributed by atoms with Gasteiger partial charge in [0.25, 0.3) is 0 Å². The maximum absolute atomic E-state index is 12.4. The van der Waals surface area contributed by atoms with Crippen LogP contribution >= 0.6 is 0 Å². The molecule has 0 unspecified atom stereocenters. The van der Waals surface area contributed by atoms with Gasteiger partial charge in [0.05, 0.1) is 11.1 Å². The molecule has 0 amide bonds. The molecule has 1 aromatic carbocycles. The number of hydrogen-bond acceptors (Lipinski definition) is 3. The third kappa shape index (κ3) is 2.33. The largest absolute Gasteiger partial charge is 0.347 e. The lowest BCUT2D eigenvalue weighted by atomic mass is 10.0. The SMILES string of the molecule is CCn1cc(C(C)=O)c(=O)c2ccc(-c3cccnc3)cc21. The van der Waals surface area contributed by atoms with Crippen molar-refractivity contribution in [2.75, 3.05) is 0 Å². The number of aromatic nitrogens is 2. The van der Waals surface area contributed by atoms with Gasteiger partial charge in [-0.25, -0.2) is 0 Å². The molecular formula is C18H16N2O2. The summed E-state index contributed by atoms with van der Waals surface area (Å²) in [5.74, 6) is -0.203. The first kappa shape index (κ1) is 14.2. The molecule has 0 saturated heterocycles. The highest BCUT2D eigenvalue weighted by atomic mass is 16.1. The number of aryl methyl sites for hydroxylation is 1. The van der Waals surface area contributed by atoms with E-state index in [0.29, 0.717) is 11.9 Å². The van der Waals surface area contributed by atoms with E-state index in [4.69, 9.17) is 0 Å². The van der Waals surface area contributed by atoms with Gasteiger partial charge < -0.3 is 4.57 Å². The second-order valence-electron chi connectivity index (χ2n) is 5.19. The van der Waals surface area contributed by atoms with Crippen LogP contribution < -0.4 is 5.43 Å². The smallest absolute Gasteiger partial charge is 0.200 e. The number of carbonyl (C=O) groups excluding carboxylic acids is 1. The number of fused-ring (bicyclic) bond motifs is 1. The number of nitrogens with zero attached hydrogens (tertiary/aromatic N) is 2. The molecule has 3 aromatic rings. The number of benzene rings is 1. The van der Waals surface area contributed by atoms with Gasteiger partial charge in [-0.1, -0.05) is 12.1 Å². The van der Waals surface area contributed by atoms with Crippen LogP contribution in [0.1, 0.15) is 24.2 Å². The Morgan fingerprint density at radius 1 is 1.23 bits per heavy atom. The van der Waals surface area contributed by atoms with E-state index in [0.717, 1.165) is 16.6 Å². The van der Waals surface area contributed by atoms with Crippen molar-refractivity contribution in [3.63, 3.8) is 0 Å². The van der Waals surface area contributed by atoms with Crippen molar-refractivity contribution < 1.29 is 4.79 Å². The summed E-state index contributed by atoms with van der Waals surface area (Å²) in [6, 6.07) is 9.52. The van der Waals surface area contributed by atoms with Crippen LogP contribution in [0.3, 0.4) is 0 Å². The van der Waals surface area contributed by atoms with E-state index in [2.05, 4.69) is 4.98 Å². The van der Waals surface area contributed by atoms with E-state index in [1.54, 1.807) is 24.7 Å². The molecule has 0 aliphatic heterocycles. The Hall–Kier alpha value is -2.75. The molecule has 0 N–H and O–H groups in total. The average Bonchev–Trinajstić information content (AvgIpc) is 2.55. The Morgan fingerprint density at radius 3 is 2.68 bits per heavy atom. The van der Waals surface area contributed by atoms with E-state index in [1.807, 2.05) is 35.8 Å². The zero-order valence-electron chi connectivity index (χ0n) is 12.5. The summed E-state index contributed by atoms with van der Waals surface area (Å²) in [7, 11) is 0. The average molecular weight is 292 g/mol. The van der Waals surface area contributed by atoms with Crippen LogP contribution in [-0.4, -0.2) is 15.3 Å². The summed E-state index contributed by atoms with van der Waals surface area (Å²) < 4.78 is 1.94. The van der Waals surface area contributed by atoms with Crippen LogP contribution in [0.25, 0.3) is 22.0 Å². The van der Waals surface area contributed by atoms with E-state index in [9.17, 15) is 9.59 Å². The lowest BCUT2D eigenvalue weighted by Gasteiger charge is -2.12. The van der Waals surface area contributed by atoms with Gasteiger partial charge in [0.1, 0.15) is 0 Å². The minimum absolute atomic E-state index is 0.203. The zero-order valence-corrected chi connectivity index (χ0v) is 12.5. The fraction of sp³-hybridized carbons (Fsp3) is 0.167. The van der Waals surface area contributed by atoms with Crippen LogP contribution in [0.15, 0.2) is 53.7 Å². The molecule has 0 aliphatic carbocycles. The van der Waals surface area contributed by atoms with Crippen molar-refractivity contribution in [3.05, 3.63) is 64.7 Å². The van der Waals surface area contributed by atoms with Gasteiger partial charge in [-0.3, -0.25) is 14.6 Å². The van der Waals surface area contributed by atoms with E-state index in [-0.39, 0.29) is 16.8 Å². The standard InChI is InChI=1S/C18H16N2O2/c1-3-20-11-16(12(2)21)18(22)15-7-6-13(9-17(15)20)14-5-4-8-19-10-14/h4-11H,3H2,1-2H3. The highest BCUT2D eigenvalue weighted by Crippen LogP contribution is 2.23. The second kappa shape index (κ2) is 5.56. The minimum Gasteiger partial charge on any atom is -0.347 e. The Labute approximate surface area is 128 Å². The van der Waals surface area contributed by atoms with Crippen LogP contribution in [0, 0.1) is 0 Å². The second-order valence-corrected chi connectivity index (χ2v) is 5.19. The minimum atomic E-state index is -0.204. The molecule has 0 spiro atoms. The number of hydrogen-bond donors (Lipinski definition) is 0. The Kier molecular flexibility index (Phi) is 3.59. The summed E-state index contributed by atoms with van der Waals surface area (Å²) in [6.45, 7) is 4.10. The van der Waals surface area contributed by atoms with Gasteiger partial charge in [0, 0.05) is 36.1 Å². The van der Waals surface area contributed by atoms with Gasteiger partial charge in [-0.15, -0.1) is 0 Å². The van der Waals surface area contributed by atoms with Crippen molar-refractivity contribution in [2.45, 2.75) is 20.4 Å². The van der Waals surface area contributed by atoms with E-state index < -0.39 is 0 Å². The van der Waals surface area contributed by atoms with E-state index >= 15 is 0 Å². The molecule has 3 rings (SSSR count). The van der Waals surface area contributed by atoms with Crippen LogP contribution in [0.5, 0.6) is 0 Å². The molecule has 4 heteroatoms. The van der Waals surface area contributed by atoms with Gasteiger partial charge >= 0.3 is 0 Å². The molecule has 22 heavy (non-hydrogen) atoms. The number of ketones is 1. The van der Waals surface area contributed by atoms with Crippen molar-refractivity contribution in [2.24, 2.45) is 0 Å². The molecule has 4 nitrogen and oxygen atoms in total. The third-order valence-corrected chi connectivity index (χ3v) is 3.80. The van der Waals surface area contributed by atoms with Crippen LogP contribution in [0.2, 0.25) is 0 Å². The van der Waals surface area contributed by atoms with Crippen LogP contribution in [-0.2, 0) is 6.54 Å². The summed E-state index contributed by atoms with van der Waals surface area (Å²) in [4.78, 5) is 28.2. The summed E-state index contributed by atoms with van der Waals surface area (Å²) in [5.41, 5.74) is 2.86. The fourth-order valence-corrected chi connectivity index (χ4v) is 2.62. The third-order valence-electron chi connectivity index (χ3n) is 3.80. The number of carbonyl (C=O) groups is 1. The molecule has 0 fully saturated rings. The first-order valence-corrected chi connectivity index (χ1v) is 7.20. The topological polar surface area (TPSA) is 52.0 Å². The van der Waals surface area contributed by atoms with Gasteiger partial charge in [-0.2, -0.15) is 0 Å². The first-order chi connectivity index (χ1) is 10.6. The lowest BCUT2D eigenvalue weighted by Crippen LogP contribution is -2.17. The van der Waals surface area contributed by atoms with Crippen molar-refractivity contribution in [1.82, 2.24) is 9.55 Å². The maximum Gasteiger partial charge on any atom is 0.200 e. The Bertz CT molecular complexity index is 912. The number of pyridine rings is 2. The predicted molar refractivity (Wildman–Crippen MR) is 87.1 cm³/mol. The molecule has 0 radical (unpaired) electrons. The van der Waals surface area contributed by atoms with Gasteiger partial charge in [0.15, 0.2) is 11.2 Å². The molecule has 2 aromatic heterocycles. The highest BCUT2D eigenvalue weighted by molar-refractivity contribution is 5.97. The van der Waals surface area contributed by atoms with Gasteiger partial charge in [-0.05, 0) is 37.6 Å². The van der Waals surface area contributed by atoms with Crippen molar-refractivity contribution in [3.8, 4) is 11.1 Å². The molecule has 0 saturated carbocycles. The predicted octanol–water partition coefficient (Wildman–Crippen LogP) is 3.29. The highest BCUT2D eigenvalue weighted by Gasteiger charge is 2.12. The maximum atomic E-state index is 12.4. The molecule has 0 atom stereocenters. The first-order valence-electron chi connectivity index (χ1n) is 7.20. The molecule has 2 heterocycles. The van der Waals surface area contributed by atoms with Crippen molar-refractivity contribution in [1.29, 1.82) is 0 Å². The van der Waals surface area contributed by atoms with Crippen molar-refractivity contribution >= 4 is 16.7 Å². The Balaban J connectivity index is 2.31. The van der Waals surface area contributed by atoms with E-state index in [1.165, 1.54) is 6.92 Å². The normalized spacial score (nSPS) is 10.8. The molecule has 0 aliphatic rings. The monoisotopic (exact) mass is 292 g/mol. The molecule has 0 bridgehead atoms. The quantitative estimate of drug-likeness (QED) is 0.696. The van der Waals surface area contributed by atoms with Gasteiger partial charge in [0.2, 0.25) is 0 Å². The summed E-state index contributed by atoms with van der Waals surface area (Å²) in [5, 5.41) is 0.571. The summed E-state index contributed by atoms with van der Waals surface area (Å²) in [6.07, 6.45) is 5.17. The summed E-state index contributed by atoms with van der Waals surface area (Å²) >= 11 is 0. The van der Waals surface area contributed by atoms with Crippen LogP contribution in [0.4, 0.5) is 0 Å². The Morgan fingerprint density at radius 2 is 2.05 bits per heavy atom. The molecule has 110 valence electrons. The lowest BCUT2D eigenvalue weighted by molar-refractivity contribution is 0.101. The fourth-order valence-electron chi connectivity index (χ4n) is 2.62.